The molecule has 1 aliphatic heterocycles. The second-order valence-corrected chi connectivity index (χ2v) is 8.12. The molecule has 0 amide bonds. The van der Waals surface area contributed by atoms with Crippen LogP contribution in [0.15, 0.2) is 91.0 Å². The summed E-state index contributed by atoms with van der Waals surface area (Å²) in [7, 11) is 1.70. The fourth-order valence-corrected chi connectivity index (χ4v) is 4.49. The molecule has 0 atom stereocenters. The van der Waals surface area contributed by atoms with Crippen molar-refractivity contribution in [2.45, 2.75) is 19.4 Å². The van der Waals surface area contributed by atoms with Crippen LogP contribution in [0.2, 0.25) is 0 Å². The summed E-state index contributed by atoms with van der Waals surface area (Å²) in [6.07, 6.45) is 0. The van der Waals surface area contributed by atoms with Gasteiger partial charge in [-0.2, -0.15) is 0 Å². The van der Waals surface area contributed by atoms with Gasteiger partial charge < -0.3 is 9.47 Å². The highest BCUT2D eigenvalue weighted by molar-refractivity contribution is 6.10. The topological polar surface area (TPSA) is 18.5 Å². The minimum Gasteiger partial charge on any atom is -0.497 e. The predicted molar refractivity (Wildman–Crippen MR) is 124 cm³/mol. The van der Waals surface area contributed by atoms with Crippen molar-refractivity contribution < 1.29 is 9.47 Å². The normalized spacial score (nSPS) is 14.9. The minimum absolute atomic E-state index is 0.480. The van der Waals surface area contributed by atoms with E-state index >= 15 is 0 Å². The lowest BCUT2D eigenvalue weighted by molar-refractivity contribution is 0.169. The maximum atomic E-state index is 6.61. The van der Waals surface area contributed by atoms with E-state index in [1.807, 2.05) is 12.1 Å². The molecule has 1 aliphatic rings. The summed E-state index contributed by atoms with van der Waals surface area (Å²) < 4.78 is 12.0. The van der Waals surface area contributed by atoms with Gasteiger partial charge in [0.15, 0.2) is 0 Å². The lowest BCUT2D eigenvalue weighted by Gasteiger charge is -2.38. The zero-order valence-electron chi connectivity index (χ0n) is 17.5. The van der Waals surface area contributed by atoms with Crippen LogP contribution in [0.4, 0.5) is 0 Å². The van der Waals surface area contributed by atoms with Gasteiger partial charge in [0.1, 0.15) is 17.1 Å². The highest BCUT2D eigenvalue weighted by Crippen LogP contribution is 2.50. The van der Waals surface area contributed by atoms with Crippen molar-refractivity contribution in [1.29, 1.82) is 0 Å². The number of hydrogen-bond donors (Lipinski definition) is 0. The van der Waals surface area contributed by atoms with E-state index in [-0.39, 0.29) is 0 Å². The van der Waals surface area contributed by atoms with Crippen LogP contribution in [-0.4, -0.2) is 12.7 Å². The first-order chi connectivity index (χ1) is 14.6. The van der Waals surface area contributed by atoms with Crippen LogP contribution in [0.25, 0.3) is 21.9 Å². The Morgan fingerprint density at radius 3 is 2.13 bits per heavy atom. The van der Waals surface area contributed by atoms with E-state index in [1.165, 1.54) is 27.5 Å². The van der Waals surface area contributed by atoms with Crippen molar-refractivity contribution >= 4 is 21.9 Å². The SMILES string of the molecule is COc1ccc(C2=C(c3ccccc3)C(C)(C)Oc3ccc4ccccc4c32)cc1. The first kappa shape index (κ1) is 18.5. The number of benzene rings is 4. The smallest absolute Gasteiger partial charge is 0.130 e. The molecule has 0 fully saturated rings. The fraction of sp³-hybridized carbons (Fsp3) is 0.143. The monoisotopic (exact) mass is 392 g/mol. The molecule has 0 spiro atoms. The molecule has 0 aromatic heterocycles. The second-order valence-electron chi connectivity index (χ2n) is 8.12. The van der Waals surface area contributed by atoms with Gasteiger partial charge in [-0.05, 0) is 53.9 Å². The number of rotatable bonds is 3. The first-order valence-electron chi connectivity index (χ1n) is 10.2. The predicted octanol–water partition coefficient (Wildman–Crippen LogP) is 6.98. The number of ether oxygens (including phenoxy) is 2. The van der Waals surface area contributed by atoms with Crippen LogP contribution < -0.4 is 9.47 Å². The summed E-state index contributed by atoms with van der Waals surface area (Å²) >= 11 is 0. The van der Waals surface area contributed by atoms with Crippen LogP contribution in [0.3, 0.4) is 0 Å². The summed E-state index contributed by atoms with van der Waals surface area (Å²) in [6.45, 7) is 4.30. The molecule has 4 aromatic rings. The molecule has 0 N–H and O–H groups in total. The quantitative estimate of drug-likeness (QED) is 0.374. The average Bonchev–Trinajstić information content (AvgIpc) is 2.78. The zero-order chi connectivity index (χ0) is 20.7. The molecule has 4 aromatic carbocycles. The van der Waals surface area contributed by atoms with Gasteiger partial charge in [-0.15, -0.1) is 0 Å². The van der Waals surface area contributed by atoms with Crippen molar-refractivity contribution in [3.8, 4) is 11.5 Å². The fourth-order valence-electron chi connectivity index (χ4n) is 4.49. The largest absolute Gasteiger partial charge is 0.497 e. The molecule has 2 nitrogen and oxygen atoms in total. The number of methoxy groups -OCH3 is 1. The lowest BCUT2D eigenvalue weighted by atomic mass is 9.78. The molecular formula is C28H24O2. The molecule has 0 radical (unpaired) electrons. The number of fused-ring (bicyclic) bond motifs is 3. The summed E-state index contributed by atoms with van der Waals surface area (Å²) in [5.74, 6) is 1.77. The molecule has 5 rings (SSSR count). The lowest BCUT2D eigenvalue weighted by Crippen LogP contribution is -2.34. The van der Waals surface area contributed by atoms with Gasteiger partial charge in [-0.1, -0.05) is 72.8 Å². The molecule has 2 heteroatoms. The van der Waals surface area contributed by atoms with Gasteiger partial charge in [0, 0.05) is 16.7 Å². The maximum absolute atomic E-state index is 6.61. The Labute approximate surface area is 177 Å². The molecule has 0 aliphatic carbocycles. The molecule has 1 heterocycles. The van der Waals surface area contributed by atoms with Crippen LogP contribution in [0.1, 0.15) is 30.5 Å². The van der Waals surface area contributed by atoms with E-state index in [1.54, 1.807) is 7.11 Å². The number of hydrogen-bond acceptors (Lipinski definition) is 2. The van der Waals surface area contributed by atoms with Crippen molar-refractivity contribution in [3.05, 3.63) is 108 Å². The Kier molecular flexibility index (Phi) is 4.36. The molecular weight excluding hydrogens is 368 g/mol. The second kappa shape index (κ2) is 7.07. The van der Waals surface area contributed by atoms with Crippen molar-refractivity contribution in [2.75, 3.05) is 7.11 Å². The highest BCUT2D eigenvalue weighted by Gasteiger charge is 2.37. The summed E-state index contributed by atoms with van der Waals surface area (Å²) in [4.78, 5) is 0. The van der Waals surface area contributed by atoms with Gasteiger partial charge in [0.05, 0.1) is 7.11 Å². The third-order valence-corrected chi connectivity index (χ3v) is 5.80. The Hall–Kier alpha value is -3.52. The van der Waals surface area contributed by atoms with Crippen molar-refractivity contribution in [3.63, 3.8) is 0 Å². The summed E-state index contributed by atoms with van der Waals surface area (Å²) in [6, 6.07) is 31.7. The van der Waals surface area contributed by atoms with E-state index in [0.717, 1.165) is 22.6 Å². The summed E-state index contributed by atoms with van der Waals surface area (Å²) in [5.41, 5.74) is 5.41. The zero-order valence-corrected chi connectivity index (χ0v) is 17.5. The molecule has 0 bridgehead atoms. The Morgan fingerprint density at radius 2 is 1.40 bits per heavy atom. The maximum Gasteiger partial charge on any atom is 0.130 e. The van der Waals surface area contributed by atoms with Gasteiger partial charge in [0.2, 0.25) is 0 Å². The Balaban J connectivity index is 1.92. The molecule has 0 saturated heterocycles. The Morgan fingerprint density at radius 1 is 0.700 bits per heavy atom. The van der Waals surface area contributed by atoms with E-state index in [9.17, 15) is 0 Å². The van der Waals surface area contributed by atoms with Crippen molar-refractivity contribution in [2.24, 2.45) is 0 Å². The third kappa shape index (κ3) is 2.96. The average molecular weight is 392 g/mol. The van der Waals surface area contributed by atoms with Crippen molar-refractivity contribution in [1.82, 2.24) is 0 Å². The van der Waals surface area contributed by atoms with Crippen LogP contribution in [0, 0.1) is 0 Å². The van der Waals surface area contributed by atoms with Crippen LogP contribution in [-0.2, 0) is 0 Å². The summed E-state index contributed by atoms with van der Waals surface area (Å²) in [5, 5.41) is 2.41. The van der Waals surface area contributed by atoms with Gasteiger partial charge in [-0.3, -0.25) is 0 Å². The molecule has 30 heavy (non-hydrogen) atoms. The van der Waals surface area contributed by atoms with E-state index in [2.05, 4.69) is 92.7 Å². The van der Waals surface area contributed by atoms with Gasteiger partial charge in [-0.25, -0.2) is 0 Å². The highest BCUT2D eigenvalue weighted by atomic mass is 16.5. The Bertz CT molecular complexity index is 1250. The molecule has 148 valence electrons. The van der Waals surface area contributed by atoms with Gasteiger partial charge in [0.25, 0.3) is 0 Å². The third-order valence-electron chi connectivity index (χ3n) is 5.80. The standard InChI is InChI=1S/C28H24O2/c1-28(2)27(21-10-5-4-6-11-21)25(20-13-16-22(29-3)17-14-20)26-23-12-8-7-9-19(23)15-18-24(26)30-28/h4-18H,1-3H3. The van der Waals surface area contributed by atoms with E-state index in [0.29, 0.717) is 0 Å². The van der Waals surface area contributed by atoms with Crippen LogP contribution >= 0.6 is 0 Å². The van der Waals surface area contributed by atoms with Gasteiger partial charge >= 0.3 is 0 Å². The van der Waals surface area contributed by atoms with E-state index < -0.39 is 5.60 Å². The van der Waals surface area contributed by atoms with E-state index in [4.69, 9.17) is 9.47 Å². The first-order valence-corrected chi connectivity index (χ1v) is 10.2. The molecule has 0 saturated carbocycles. The molecule has 0 unspecified atom stereocenters. The minimum atomic E-state index is -0.480. The van der Waals surface area contributed by atoms with Crippen LogP contribution in [0.5, 0.6) is 11.5 Å².